The Bertz CT molecular complexity index is 397. The lowest BCUT2D eigenvalue weighted by atomic mass is 10.2. The zero-order valence-electron chi connectivity index (χ0n) is 10.5. The molecule has 0 bridgehead atoms. The zero-order chi connectivity index (χ0) is 12.3. The summed E-state index contributed by atoms with van der Waals surface area (Å²) in [5, 5.41) is 8.61. The molecule has 0 aliphatic rings. The average molecular weight is 237 g/mol. The lowest BCUT2D eigenvalue weighted by molar-refractivity contribution is 0.357. The summed E-state index contributed by atoms with van der Waals surface area (Å²) in [6, 6.07) is 3.77. The van der Waals surface area contributed by atoms with Crippen molar-refractivity contribution in [3.05, 3.63) is 17.7 Å². The van der Waals surface area contributed by atoms with Crippen molar-refractivity contribution >= 4 is 19.5 Å². The molecule has 0 amide bonds. The van der Waals surface area contributed by atoms with Crippen molar-refractivity contribution in [1.82, 2.24) is 0 Å². The molecule has 0 heterocycles. The van der Waals surface area contributed by atoms with E-state index in [0.29, 0.717) is 0 Å². The van der Waals surface area contributed by atoms with Crippen molar-refractivity contribution in [3.8, 4) is 11.5 Å². The van der Waals surface area contributed by atoms with Gasteiger partial charge < -0.3 is 14.9 Å². The van der Waals surface area contributed by atoms with Crippen LogP contribution in [0.5, 0.6) is 11.5 Å². The van der Waals surface area contributed by atoms with Crippen LogP contribution in [0.25, 0.3) is 0 Å². The third kappa shape index (κ3) is 2.27. The van der Waals surface area contributed by atoms with Crippen molar-refractivity contribution in [2.75, 3.05) is 14.2 Å². The monoisotopic (exact) mass is 237 g/mol. The molecule has 0 aromatic heterocycles. The van der Waals surface area contributed by atoms with Crippen molar-refractivity contribution in [1.29, 1.82) is 5.41 Å². The van der Waals surface area contributed by atoms with Crippen molar-refractivity contribution in [2.45, 2.75) is 19.6 Å². The molecule has 0 fully saturated rings. The summed E-state index contributed by atoms with van der Waals surface area (Å²) in [6.07, 6.45) is 1.38. The Morgan fingerprint density at radius 3 is 2.12 bits per heavy atom. The first-order chi connectivity index (χ1) is 7.45. The van der Waals surface area contributed by atoms with E-state index < -0.39 is 8.07 Å². The van der Waals surface area contributed by atoms with E-state index in [9.17, 15) is 0 Å². The van der Waals surface area contributed by atoms with Crippen molar-refractivity contribution in [3.63, 3.8) is 0 Å². The number of rotatable bonds is 4. The largest absolute Gasteiger partial charge is 0.493 e. The molecule has 0 unspecified atom stereocenters. The van der Waals surface area contributed by atoms with Crippen LogP contribution in [-0.2, 0) is 0 Å². The van der Waals surface area contributed by atoms with E-state index in [1.807, 2.05) is 12.1 Å². The van der Waals surface area contributed by atoms with Crippen LogP contribution in [0.15, 0.2) is 12.1 Å². The number of nitrogens with one attached hydrogen (secondary N) is 1. The SMILES string of the molecule is COc1ccc(C=N)c([Si](C)(C)C)c1OC. The van der Waals surface area contributed by atoms with Gasteiger partial charge >= 0.3 is 0 Å². The number of hydrogen-bond acceptors (Lipinski definition) is 3. The Morgan fingerprint density at radius 1 is 1.12 bits per heavy atom. The fourth-order valence-electron chi connectivity index (χ4n) is 1.84. The average Bonchev–Trinajstić information content (AvgIpc) is 2.25. The van der Waals surface area contributed by atoms with Crippen LogP contribution in [0.2, 0.25) is 19.6 Å². The van der Waals surface area contributed by atoms with E-state index in [2.05, 4.69) is 19.6 Å². The first-order valence-corrected chi connectivity index (χ1v) is 8.71. The maximum absolute atomic E-state index is 7.46. The summed E-state index contributed by atoms with van der Waals surface area (Å²) in [7, 11) is 1.71. The first-order valence-electron chi connectivity index (χ1n) is 5.21. The van der Waals surface area contributed by atoms with E-state index in [1.54, 1.807) is 14.2 Å². The standard InChI is InChI=1S/C12H19NO2Si/c1-14-10-7-6-9(8-13)12(11(10)15-2)16(3,4)5/h6-8,13H,1-5H3. The minimum absolute atomic E-state index is 0.741. The van der Waals surface area contributed by atoms with Gasteiger partial charge in [-0.05, 0) is 22.9 Å². The van der Waals surface area contributed by atoms with Crippen LogP contribution in [0, 0.1) is 5.41 Å². The molecule has 0 saturated carbocycles. The Kier molecular flexibility index (Phi) is 3.75. The normalized spacial score (nSPS) is 11.1. The van der Waals surface area contributed by atoms with Gasteiger partial charge in [0.2, 0.25) is 0 Å². The fraction of sp³-hybridized carbons (Fsp3) is 0.417. The predicted molar refractivity (Wildman–Crippen MR) is 70.4 cm³/mol. The van der Waals surface area contributed by atoms with E-state index in [0.717, 1.165) is 22.2 Å². The predicted octanol–water partition coefficient (Wildman–Crippen LogP) is 2.25. The Balaban J connectivity index is 3.56. The smallest absolute Gasteiger partial charge is 0.160 e. The van der Waals surface area contributed by atoms with Gasteiger partial charge in [0, 0.05) is 6.21 Å². The molecule has 0 aliphatic carbocycles. The highest BCUT2D eigenvalue weighted by Gasteiger charge is 2.26. The maximum Gasteiger partial charge on any atom is 0.160 e. The Hall–Kier alpha value is -1.29. The molecule has 0 spiro atoms. The Morgan fingerprint density at radius 2 is 1.75 bits per heavy atom. The zero-order valence-corrected chi connectivity index (χ0v) is 11.5. The third-order valence-electron chi connectivity index (χ3n) is 2.48. The number of benzene rings is 1. The van der Waals surface area contributed by atoms with Gasteiger partial charge in [0.25, 0.3) is 0 Å². The summed E-state index contributed by atoms with van der Waals surface area (Å²) in [4.78, 5) is 0. The second kappa shape index (κ2) is 4.70. The van der Waals surface area contributed by atoms with Crippen LogP contribution in [0.3, 0.4) is 0 Å². The topological polar surface area (TPSA) is 42.3 Å². The lowest BCUT2D eigenvalue weighted by Crippen LogP contribution is -2.41. The summed E-state index contributed by atoms with van der Waals surface area (Å²) >= 11 is 0. The van der Waals surface area contributed by atoms with E-state index in [1.165, 1.54) is 6.21 Å². The molecule has 1 aromatic rings. The van der Waals surface area contributed by atoms with Gasteiger partial charge in [-0.3, -0.25) is 0 Å². The van der Waals surface area contributed by atoms with Gasteiger partial charge in [0.1, 0.15) is 0 Å². The molecule has 1 rings (SSSR count). The molecule has 0 aliphatic heterocycles. The van der Waals surface area contributed by atoms with Gasteiger partial charge in [0.15, 0.2) is 11.5 Å². The van der Waals surface area contributed by atoms with Crippen LogP contribution >= 0.6 is 0 Å². The van der Waals surface area contributed by atoms with Crippen LogP contribution < -0.4 is 14.7 Å². The first kappa shape index (κ1) is 12.8. The molecular weight excluding hydrogens is 218 g/mol. The molecular formula is C12H19NO2Si. The molecule has 0 saturated heterocycles. The third-order valence-corrected chi connectivity index (χ3v) is 4.50. The van der Waals surface area contributed by atoms with Crippen molar-refractivity contribution in [2.24, 2.45) is 0 Å². The molecule has 0 atom stereocenters. The number of hydrogen-bond donors (Lipinski definition) is 1. The quantitative estimate of drug-likeness (QED) is 0.644. The second-order valence-corrected chi connectivity index (χ2v) is 9.66. The molecule has 0 radical (unpaired) electrons. The lowest BCUT2D eigenvalue weighted by Gasteiger charge is -2.23. The molecule has 16 heavy (non-hydrogen) atoms. The van der Waals surface area contributed by atoms with Gasteiger partial charge in [-0.2, -0.15) is 0 Å². The fourth-order valence-corrected chi connectivity index (χ4v) is 3.76. The molecule has 1 N–H and O–H groups in total. The molecule has 88 valence electrons. The minimum Gasteiger partial charge on any atom is -0.493 e. The highest BCUT2D eigenvalue weighted by Crippen LogP contribution is 2.28. The minimum atomic E-state index is -1.57. The van der Waals surface area contributed by atoms with Gasteiger partial charge in [0.05, 0.1) is 22.3 Å². The second-order valence-electron chi connectivity index (χ2n) is 4.66. The van der Waals surface area contributed by atoms with E-state index in [4.69, 9.17) is 14.9 Å². The van der Waals surface area contributed by atoms with Crippen LogP contribution in [0.1, 0.15) is 5.56 Å². The van der Waals surface area contributed by atoms with Crippen molar-refractivity contribution < 1.29 is 9.47 Å². The molecule has 3 nitrogen and oxygen atoms in total. The maximum atomic E-state index is 7.46. The van der Waals surface area contributed by atoms with E-state index >= 15 is 0 Å². The van der Waals surface area contributed by atoms with E-state index in [-0.39, 0.29) is 0 Å². The van der Waals surface area contributed by atoms with Crippen LogP contribution in [-0.4, -0.2) is 28.5 Å². The van der Waals surface area contributed by atoms with Gasteiger partial charge in [-0.25, -0.2) is 0 Å². The number of methoxy groups -OCH3 is 2. The summed E-state index contributed by atoms with van der Waals surface area (Å²) in [5.41, 5.74) is 0.928. The number of ether oxygens (including phenoxy) is 2. The molecule has 1 aromatic carbocycles. The van der Waals surface area contributed by atoms with Gasteiger partial charge in [-0.1, -0.05) is 19.6 Å². The highest BCUT2D eigenvalue weighted by atomic mass is 28.3. The summed E-state index contributed by atoms with van der Waals surface area (Å²) in [6.45, 7) is 6.70. The summed E-state index contributed by atoms with van der Waals surface area (Å²) < 4.78 is 10.7. The Labute approximate surface area is 97.9 Å². The summed E-state index contributed by atoms with van der Waals surface area (Å²) in [5.74, 6) is 1.52. The van der Waals surface area contributed by atoms with Gasteiger partial charge in [-0.15, -0.1) is 0 Å². The van der Waals surface area contributed by atoms with Crippen LogP contribution in [0.4, 0.5) is 0 Å². The highest BCUT2D eigenvalue weighted by molar-refractivity contribution is 6.90. The molecule has 4 heteroatoms.